The molecule has 11 heteroatoms. The third-order valence-electron chi connectivity index (χ3n) is 6.71. The summed E-state index contributed by atoms with van der Waals surface area (Å²) in [6, 6.07) is 17.9. The van der Waals surface area contributed by atoms with Crippen LogP contribution in [0, 0.1) is 0 Å². The maximum Gasteiger partial charge on any atom is 0.339 e. The van der Waals surface area contributed by atoms with Crippen molar-refractivity contribution in [2.24, 2.45) is 0 Å². The molecule has 1 aliphatic heterocycles. The number of sulfone groups is 1. The van der Waals surface area contributed by atoms with Gasteiger partial charge in [-0.2, -0.15) is 0 Å². The smallest absolute Gasteiger partial charge is 0.339 e. The van der Waals surface area contributed by atoms with Gasteiger partial charge in [-0.25, -0.2) is 18.2 Å². The molecule has 1 saturated heterocycles. The Morgan fingerprint density at radius 2 is 1.85 bits per heavy atom. The summed E-state index contributed by atoms with van der Waals surface area (Å²) in [6.45, 7) is 4.27. The van der Waals surface area contributed by atoms with Crippen molar-refractivity contribution in [2.75, 3.05) is 44.0 Å². The number of aromatic nitrogens is 1. The highest BCUT2D eigenvalue weighted by Crippen LogP contribution is 2.29. The molecule has 1 aromatic heterocycles. The molecule has 2 N–H and O–H groups in total. The van der Waals surface area contributed by atoms with E-state index in [2.05, 4.69) is 15.2 Å². The summed E-state index contributed by atoms with van der Waals surface area (Å²) in [5, 5.41) is 13.9. The van der Waals surface area contributed by atoms with Crippen molar-refractivity contribution in [1.29, 1.82) is 0 Å². The Kier molecular flexibility index (Phi) is 10.6. The molecule has 3 aromatic rings. The minimum absolute atomic E-state index is 0.00992. The second-order valence-corrected chi connectivity index (χ2v) is 11.9. The summed E-state index contributed by atoms with van der Waals surface area (Å²) in [5.74, 6) is 1.03. The van der Waals surface area contributed by atoms with Crippen LogP contribution in [-0.2, 0) is 21.2 Å². The van der Waals surface area contributed by atoms with Crippen LogP contribution in [0.15, 0.2) is 71.8 Å². The van der Waals surface area contributed by atoms with Crippen LogP contribution >= 0.6 is 0 Å². The first-order valence-corrected chi connectivity index (χ1v) is 15.5. The highest BCUT2D eigenvalue weighted by Gasteiger charge is 2.22. The van der Waals surface area contributed by atoms with Gasteiger partial charge in [0.25, 0.3) is 0 Å². The van der Waals surface area contributed by atoms with E-state index in [0.717, 1.165) is 43.6 Å². The molecule has 0 amide bonds. The SMILES string of the molecule is CCOC(=O)c1ccc(N2CCC(NCC(O)COc3ccc(OCc4ccccc4)c(S(C)(=O)=O)c3)CC2)nc1. The third-order valence-corrected chi connectivity index (χ3v) is 7.83. The molecular formula is C30H37N3O7S. The first-order chi connectivity index (χ1) is 19.7. The summed E-state index contributed by atoms with van der Waals surface area (Å²) < 4.78 is 41.3. The third kappa shape index (κ3) is 8.91. The van der Waals surface area contributed by atoms with Crippen molar-refractivity contribution in [2.45, 2.75) is 43.4 Å². The number of hydrogen-bond acceptors (Lipinski definition) is 10. The highest BCUT2D eigenvalue weighted by atomic mass is 32.2. The molecule has 1 fully saturated rings. The molecule has 0 radical (unpaired) electrons. The summed E-state index contributed by atoms with van der Waals surface area (Å²) in [7, 11) is -3.57. The Bertz CT molecular complexity index is 1380. The van der Waals surface area contributed by atoms with E-state index in [0.29, 0.717) is 24.5 Å². The number of carbonyl (C=O) groups is 1. The molecule has 2 heterocycles. The first-order valence-electron chi connectivity index (χ1n) is 13.7. The summed E-state index contributed by atoms with van der Waals surface area (Å²) in [4.78, 5) is 18.4. The average molecular weight is 584 g/mol. The lowest BCUT2D eigenvalue weighted by molar-refractivity contribution is 0.0526. The fourth-order valence-electron chi connectivity index (χ4n) is 4.50. The lowest BCUT2D eigenvalue weighted by Crippen LogP contribution is -2.45. The second-order valence-electron chi connectivity index (χ2n) is 9.91. The molecule has 1 aliphatic rings. The van der Waals surface area contributed by atoms with E-state index in [-0.39, 0.29) is 35.9 Å². The van der Waals surface area contributed by atoms with E-state index in [1.165, 1.54) is 12.3 Å². The van der Waals surface area contributed by atoms with Crippen LogP contribution in [0.25, 0.3) is 0 Å². The summed E-state index contributed by atoms with van der Waals surface area (Å²) >= 11 is 0. The van der Waals surface area contributed by atoms with E-state index >= 15 is 0 Å². The molecule has 4 rings (SSSR count). The van der Waals surface area contributed by atoms with Crippen LogP contribution < -0.4 is 19.7 Å². The van der Waals surface area contributed by atoms with Crippen LogP contribution in [0.5, 0.6) is 11.5 Å². The molecule has 0 bridgehead atoms. The molecular weight excluding hydrogens is 546 g/mol. The number of carbonyl (C=O) groups excluding carboxylic acids is 1. The Hall–Kier alpha value is -3.67. The molecule has 220 valence electrons. The van der Waals surface area contributed by atoms with Crippen LogP contribution in [0.2, 0.25) is 0 Å². The van der Waals surface area contributed by atoms with Crippen LogP contribution in [-0.4, -0.2) is 75.7 Å². The fraction of sp³-hybridized carbons (Fsp3) is 0.400. The van der Waals surface area contributed by atoms with Crippen molar-refractivity contribution in [3.8, 4) is 11.5 Å². The Labute approximate surface area is 241 Å². The van der Waals surface area contributed by atoms with Crippen LogP contribution in [0.4, 0.5) is 5.82 Å². The number of nitrogens with one attached hydrogen (secondary N) is 1. The second kappa shape index (κ2) is 14.3. The van der Waals surface area contributed by atoms with Crippen molar-refractivity contribution in [3.63, 3.8) is 0 Å². The maximum absolute atomic E-state index is 12.4. The summed E-state index contributed by atoms with van der Waals surface area (Å²) in [5.41, 5.74) is 1.36. The minimum Gasteiger partial charge on any atom is -0.491 e. The van der Waals surface area contributed by atoms with Gasteiger partial charge in [0.2, 0.25) is 0 Å². The van der Waals surface area contributed by atoms with Crippen molar-refractivity contribution < 1.29 is 32.5 Å². The number of aliphatic hydroxyl groups is 1. The molecule has 2 aromatic carbocycles. The first kappa shape index (κ1) is 30.3. The van der Waals surface area contributed by atoms with E-state index in [1.54, 1.807) is 25.1 Å². The molecule has 1 atom stereocenters. The number of hydrogen-bond donors (Lipinski definition) is 2. The molecule has 0 aliphatic carbocycles. The molecule has 1 unspecified atom stereocenters. The Balaban J connectivity index is 1.22. The van der Waals surface area contributed by atoms with E-state index in [1.807, 2.05) is 36.4 Å². The van der Waals surface area contributed by atoms with Crippen molar-refractivity contribution in [1.82, 2.24) is 10.3 Å². The van der Waals surface area contributed by atoms with E-state index < -0.39 is 15.9 Å². The van der Waals surface area contributed by atoms with Crippen LogP contribution in [0.1, 0.15) is 35.7 Å². The number of nitrogens with zero attached hydrogens (tertiary/aromatic N) is 2. The lowest BCUT2D eigenvalue weighted by Gasteiger charge is -2.33. The topological polar surface area (TPSA) is 127 Å². The lowest BCUT2D eigenvalue weighted by atomic mass is 10.0. The zero-order valence-electron chi connectivity index (χ0n) is 23.4. The highest BCUT2D eigenvalue weighted by molar-refractivity contribution is 7.90. The van der Waals surface area contributed by atoms with E-state index in [4.69, 9.17) is 14.2 Å². The molecule has 0 saturated carbocycles. The van der Waals surface area contributed by atoms with Crippen molar-refractivity contribution >= 4 is 21.6 Å². The largest absolute Gasteiger partial charge is 0.491 e. The van der Waals surface area contributed by atoms with Gasteiger partial charge in [-0.05, 0) is 49.6 Å². The van der Waals surface area contributed by atoms with Gasteiger partial charge >= 0.3 is 5.97 Å². The Morgan fingerprint density at radius 1 is 1.10 bits per heavy atom. The van der Waals surface area contributed by atoms with Gasteiger partial charge in [0, 0.05) is 44.2 Å². The van der Waals surface area contributed by atoms with E-state index in [9.17, 15) is 18.3 Å². The minimum atomic E-state index is -3.57. The normalized spacial score (nSPS) is 14.9. The number of aliphatic hydroxyl groups excluding tert-OH is 1. The number of anilines is 1. The molecule has 10 nitrogen and oxygen atoms in total. The zero-order valence-corrected chi connectivity index (χ0v) is 24.2. The van der Waals surface area contributed by atoms with Gasteiger partial charge in [0.1, 0.15) is 41.5 Å². The molecule has 41 heavy (non-hydrogen) atoms. The van der Waals surface area contributed by atoms with Gasteiger partial charge in [0.15, 0.2) is 9.84 Å². The number of benzene rings is 2. The van der Waals surface area contributed by atoms with Crippen molar-refractivity contribution in [3.05, 3.63) is 78.0 Å². The number of piperidine rings is 1. The van der Waals surface area contributed by atoms with Crippen LogP contribution in [0.3, 0.4) is 0 Å². The van der Waals surface area contributed by atoms with Gasteiger partial charge in [0.05, 0.1) is 12.2 Å². The quantitative estimate of drug-likeness (QED) is 0.290. The monoisotopic (exact) mass is 583 g/mol. The van der Waals surface area contributed by atoms with Gasteiger partial charge < -0.3 is 29.5 Å². The number of esters is 1. The zero-order chi connectivity index (χ0) is 29.2. The number of ether oxygens (including phenoxy) is 3. The van der Waals surface area contributed by atoms with Gasteiger partial charge in [-0.3, -0.25) is 0 Å². The van der Waals surface area contributed by atoms with Gasteiger partial charge in [-0.15, -0.1) is 0 Å². The average Bonchev–Trinajstić information content (AvgIpc) is 2.98. The predicted octanol–water partition coefficient (Wildman–Crippen LogP) is 3.24. The standard InChI is InChI=1S/C30H37N3O7S/c1-3-38-30(35)23-9-12-29(32-18-23)33-15-13-24(14-16-33)31-19-25(34)21-39-26-10-11-27(28(17-26)41(2,36)37)40-20-22-7-5-4-6-8-22/h4-12,17-18,24-25,31,34H,3,13-16,19-21H2,1-2H3. The number of rotatable bonds is 13. The van der Waals surface area contributed by atoms with Gasteiger partial charge in [-0.1, -0.05) is 30.3 Å². The summed E-state index contributed by atoms with van der Waals surface area (Å²) in [6.07, 6.45) is 3.63. The predicted molar refractivity (Wildman–Crippen MR) is 155 cm³/mol. The Morgan fingerprint density at radius 3 is 2.51 bits per heavy atom. The number of pyridine rings is 1. The molecule has 0 spiro atoms. The maximum atomic E-state index is 12.4. The fourth-order valence-corrected chi connectivity index (χ4v) is 5.32.